The van der Waals surface area contributed by atoms with E-state index in [4.69, 9.17) is 27.6 Å². The summed E-state index contributed by atoms with van der Waals surface area (Å²) in [6.07, 6.45) is 1.62. The summed E-state index contributed by atoms with van der Waals surface area (Å²) in [4.78, 5) is 14.3. The van der Waals surface area contributed by atoms with Crippen LogP contribution in [0.25, 0.3) is 0 Å². The van der Waals surface area contributed by atoms with E-state index in [-0.39, 0.29) is 12.3 Å². The molecule has 0 saturated heterocycles. The van der Waals surface area contributed by atoms with Crippen LogP contribution in [0.3, 0.4) is 0 Å². The molecule has 0 aliphatic heterocycles. The van der Waals surface area contributed by atoms with Crippen LogP contribution in [0, 0.1) is 0 Å². The first-order chi connectivity index (χ1) is 9.60. The van der Waals surface area contributed by atoms with E-state index in [2.05, 4.69) is 0 Å². The molecule has 0 spiro atoms. The highest BCUT2D eigenvalue weighted by Crippen LogP contribution is 2.21. The highest BCUT2D eigenvalue weighted by molar-refractivity contribution is 6.36. The summed E-state index contributed by atoms with van der Waals surface area (Å²) in [5, 5.41) is 0.931. The number of carbonyl (C=O) groups is 1. The number of halogens is 2. The number of ketones is 1. The van der Waals surface area contributed by atoms with Gasteiger partial charge in [0.15, 0.2) is 5.78 Å². The minimum absolute atomic E-state index is 0.0501. The third-order valence-electron chi connectivity index (χ3n) is 3.00. The topological polar surface area (TPSA) is 33.5 Å². The summed E-state index contributed by atoms with van der Waals surface area (Å²) in [7, 11) is 0. The van der Waals surface area contributed by atoms with Crippen molar-refractivity contribution in [2.75, 3.05) is 13.1 Å². The molecule has 0 unspecified atom stereocenters. The van der Waals surface area contributed by atoms with Crippen LogP contribution < -0.4 is 0 Å². The van der Waals surface area contributed by atoms with E-state index in [0.29, 0.717) is 22.2 Å². The van der Waals surface area contributed by atoms with Crippen molar-refractivity contribution < 1.29 is 9.21 Å². The summed E-state index contributed by atoms with van der Waals surface area (Å²) < 4.78 is 5.30. The number of nitrogens with zero attached hydrogens (tertiary/aromatic N) is 1. The van der Waals surface area contributed by atoms with Gasteiger partial charge in [0.05, 0.1) is 24.4 Å². The maximum absolute atomic E-state index is 12.3. The fourth-order valence-electron chi connectivity index (χ4n) is 1.90. The van der Waals surface area contributed by atoms with E-state index in [1.807, 2.05) is 24.0 Å². The van der Waals surface area contributed by atoms with Crippen molar-refractivity contribution >= 4 is 29.0 Å². The second-order valence-corrected chi connectivity index (χ2v) is 5.27. The zero-order valence-corrected chi connectivity index (χ0v) is 12.6. The van der Waals surface area contributed by atoms with Gasteiger partial charge in [-0.2, -0.15) is 0 Å². The van der Waals surface area contributed by atoms with E-state index < -0.39 is 0 Å². The molecule has 3 nitrogen and oxygen atoms in total. The molecule has 0 bridgehead atoms. The Hall–Kier alpha value is -1.29. The Bertz CT molecular complexity index is 582. The van der Waals surface area contributed by atoms with Gasteiger partial charge in [-0.15, -0.1) is 0 Å². The quantitative estimate of drug-likeness (QED) is 0.746. The van der Waals surface area contributed by atoms with E-state index in [9.17, 15) is 4.79 Å². The van der Waals surface area contributed by atoms with Gasteiger partial charge in [0.1, 0.15) is 5.76 Å². The molecule has 5 heteroatoms. The summed E-state index contributed by atoms with van der Waals surface area (Å²) in [5.74, 6) is 0.780. The van der Waals surface area contributed by atoms with Crippen LogP contribution in [0.2, 0.25) is 10.0 Å². The lowest BCUT2D eigenvalue weighted by Crippen LogP contribution is -2.29. The van der Waals surface area contributed by atoms with Crippen molar-refractivity contribution in [3.63, 3.8) is 0 Å². The minimum atomic E-state index is -0.0501. The van der Waals surface area contributed by atoms with E-state index in [1.165, 1.54) is 0 Å². The molecular weight excluding hydrogens is 297 g/mol. The van der Waals surface area contributed by atoms with Gasteiger partial charge in [0.2, 0.25) is 0 Å². The Morgan fingerprint density at radius 3 is 2.75 bits per heavy atom. The van der Waals surface area contributed by atoms with Crippen LogP contribution >= 0.6 is 23.2 Å². The fraction of sp³-hybridized carbons (Fsp3) is 0.267. The van der Waals surface area contributed by atoms with Gasteiger partial charge >= 0.3 is 0 Å². The van der Waals surface area contributed by atoms with Crippen molar-refractivity contribution in [2.45, 2.75) is 13.5 Å². The second kappa shape index (κ2) is 6.93. The lowest BCUT2D eigenvalue weighted by molar-refractivity contribution is 0.0925. The first-order valence-electron chi connectivity index (χ1n) is 6.33. The van der Waals surface area contributed by atoms with Crippen LogP contribution in [-0.4, -0.2) is 23.8 Å². The van der Waals surface area contributed by atoms with E-state index in [0.717, 1.165) is 12.3 Å². The molecule has 0 saturated carbocycles. The van der Waals surface area contributed by atoms with Gasteiger partial charge < -0.3 is 4.42 Å². The Kier molecular flexibility index (Phi) is 5.24. The Labute approximate surface area is 128 Å². The number of furan rings is 1. The second-order valence-electron chi connectivity index (χ2n) is 4.43. The minimum Gasteiger partial charge on any atom is -0.468 e. The summed E-state index contributed by atoms with van der Waals surface area (Å²) in [5.41, 5.74) is 0.456. The van der Waals surface area contributed by atoms with Crippen molar-refractivity contribution in [1.82, 2.24) is 4.90 Å². The highest BCUT2D eigenvalue weighted by atomic mass is 35.5. The Morgan fingerprint density at radius 2 is 2.10 bits per heavy atom. The van der Waals surface area contributed by atoms with Crippen molar-refractivity contribution in [3.05, 3.63) is 58.0 Å². The largest absolute Gasteiger partial charge is 0.468 e. The average molecular weight is 312 g/mol. The molecule has 2 rings (SSSR count). The van der Waals surface area contributed by atoms with Gasteiger partial charge in [0, 0.05) is 10.6 Å². The number of Topliss-reactive ketones (excluding diaryl/α,β-unsaturated/α-hetero) is 1. The Balaban J connectivity index is 2.07. The molecule has 1 aromatic heterocycles. The molecular formula is C15H15Cl2NO2. The third kappa shape index (κ3) is 3.85. The lowest BCUT2D eigenvalue weighted by atomic mass is 10.1. The van der Waals surface area contributed by atoms with Crippen LogP contribution in [0.15, 0.2) is 41.0 Å². The third-order valence-corrected chi connectivity index (χ3v) is 3.57. The molecule has 1 heterocycles. The molecule has 0 aliphatic carbocycles. The average Bonchev–Trinajstić information content (AvgIpc) is 2.93. The molecule has 0 N–H and O–H groups in total. The molecule has 0 fully saturated rings. The molecule has 0 atom stereocenters. The number of hydrogen-bond acceptors (Lipinski definition) is 3. The van der Waals surface area contributed by atoms with Crippen LogP contribution in [0.1, 0.15) is 23.0 Å². The molecule has 1 aromatic carbocycles. The highest BCUT2D eigenvalue weighted by Gasteiger charge is 2.15. The van der Waals surface area contributed by atoms with Gasteiger partial charge in [-0.05, 0) is 36.9 Å². The maximum Gasteiger partial charge on any atom is 0.178 e. The predicted molar refractivity (Wildman–Crippen MR) is 80.5 cm³/mol. The monoisotopic (exact) mass is 311 g/mol. The Morgan fingerprint density at radius 1 is 1.30 bits per heavy atom. The normalized spacial score (nSPS) is 11.0. The maximum atomic E-state index is 12.3. The molecule has 0 radical (unpaired) electrons. The number of hydrogen-bond donors (Lipinski definition) is 0. The summed E-state index contributed by atoms with van der Waals surface area (Å²) >= 11 is 12.0. The van der Waals surface area contributed by atoms with E-state index in [1.54, 1.807) is 24.5 Å². The molecule has 0 aliphatic rings. The standard InChI is InChI=1S/C15H15Cl2NO2/c1-2-18(9-12-4-3-7-20-12)10-15(19)13-8-11(16)5-6-14(13)17/h3-8H,2,9-10H2,1H3. The SMILES string of the molecule is CCN(CC(=O)c1cc(Cl)ccc1Cl)Cc1ccco1. The van der Waals surface area contributed by atoms with Gasteiger partial charge in [-0.3, -0.25) is 9.69 Å². The fourth-order valence-corrected chi connectivity index (χ4v) is 2.30. The number of likely N-dealkylation sites (N-methyl/N-ethyl adjacent to an activating group) is 1. The number of benzene rings is 1. The molecule has 106 valence electrons. The van der Waals surface area contributed by atoms with Crippen LogP contribution in [0.5, 0.6) is 0 Å². The van der Waals surface area contributed by atoms with Crippen molar-refractivity contribution in [2.24, 2.45) is 0 Å². The summed E-state index contributed by atoms with van der Waals surface area (Å²) in [6.45, 7) is 3.60. The number of carbonyl (C=O) groups excluding carboxylic acids is 1. The summed E-state index contributed by atoms with van der Waals surface area (Å²) in [6, 6.07) is 8.63. The smallest absolute Gasteiger partial charge is 0.178 e. The predicted octanol–water partition coefficient (Wildman–Crippen LogP) is 4.29. The van der Waals surface area contributed by atoms with Crippen molar-refractivity contribution in [3.8, 4) is 0 Å². The molecule has 0 amide bonds. The van der Waals surface area contributed by atoms with Crippen LogP contribution in [-0.2, 0) is 6.54 Å². The van der Waals surface area contributed by atoms with Crippen molar-refractivity contribution in [1.29, 1.82) is 0 Å². The van der Waals surface area contributed by atoms with Gasteiger partial charge in [0.25, 0.3) is 0 Å². The number of rotatable bonds is 6. The molecule has 20 heavy (non-hydrogen) atoms. The first kappa shape index (κ1) is 15.1. The zero-order chi connectivity index (χ0) is 14.5. The van der Waals surface area contributed by atoms with Gasteiger partial charge in [-0.25, -0.2) is 0 Å². The lowest BCUT2D eigenvalue weighted by Gasteiger charge is -2.18. The zero-order valence-electron chi connectivity index (χ0n) is 11.1. The van der Waals surface area contributed by atoms with E-state index >= 15 is 0 Å². The first-order valence-corrected chi connectivity index (χ1v) is 7.08. The van der Waals surface area contributed by atoms with Gasteiger partial charge in [-0.1, -0.05) is 30.1 Å². The molecule has 2 aromatic rings. The van der Waals surface area contributed by atoms with Crippen LogP contribution in [0.4, 0.5) is 0 Å².